The van der Waals surface area contributed by atoms with Gasteiger partial charge in [0.25, 0.3) is 0 Å². The number of hydrogen-bond donors (Lipinski definition) is 0. The third kappa shape index (κ3) is 4.96. The van der Waals surface area contributed by atoms with Gasteiger partial charge in [-0.15, -0.1) is 0 Å². The predicted molar refractivity (Wildman–Crippen MR) is 94.1 cm³/mol. The van der Waals surface area contributed by atoms with Crippen molar-refractivity contribution in [1.82, 2.24) is 4.90 Å². The first-order chi connectivity index (χ1) is 12.2. The van der Waals surface area contributed by atoms with Crippen LogP contribution in [0.4, 0.5) is 4.79 Å². The molecule has 1 aliphatic rings. The van der Waals surface area contributed by atoms with Crippen LogP contribution in [0, 0.1) is 11.3 Å². The highest BCUT2D eigenvalue weighted by Gasteiger charge is 2.29. The molecule has 0 N–H and O–H groups in total. The van der Waals surface area contributed by atoms with E-state index in [-0.39, 0.29) is 24.4 Å². The van der Waals surface area contributed by atoms with Crippen LogP contribution in [0.2, 0.25) is 0 Å². The largest absolute Gasteiger partial charge is 0.496 e. The number of nitrogens with zero attached hydrogens (tertiary/aromatic N) is 2. The second kappa shape index (κ2) is 8.19. The van der Waals surface area contributed by atoms with Gasteiger partial charge in [-0.05, 0) is 38.5 Å². The number of ether oxygens (including phenoxy) is 3. The first-order valence-corrected chi connectivity index (χ1v) is 8.42. The van der Waals surface area contributed by atoms with Crippen molar-refractivity contribution in [1.29, 1.82) is 5.26 Å². The van der Waals surface area contributed by atoms with Gasteiger partial charge < -0.3 is 19.1 Å². The van der Waals surface area contributed by atoms with E-state index < -0.39 is 5.60 Å². The maximum Gasteiger partial charge on any atom is 0.410 e. The van der Waals surface area contributed by atoms with Crippen molar-refractivity contribution >= 4 is 11.9 Å². The molecule has 1 saturated heterocycles. The lowest BCUT2D eigenvalue weighted by atomic mass is 10.0. The molecule has 140 valence electrons. The highest BCUT2D eigenvalue weighted by Crippen LogP contribution is 2.29. The van der Waals surface area contributed by atoms with E-state index in [2.05, 4.69) is 0 Å². The van der Waals surface area contributed by atoms with Gasteiger partial charge >= 0.3 is 6.09 Å². The van der Waals surface area contributed by atoms with Crippen LogP contribution >= 0.6 is 0 Å². The Labute approximate surface area is 153 Å². The summed E-state index contributed by atoms with van der Waals surface area (Å²) >= 11 is 0. The summed E-state index contributed by atoms with van der Waals surface area (Å²) in [5.74, 6) is 0.0941. The van der Waals surface area contributed by atoms with Crippen LogP contribution in [0.5, 0.6) is 5.75 Å². The maximum absolute atomic E-state index is 12.3. The Hall–Kier alpha value is -2.59. The Bertz CT molecular complexity index is 718. The van der Waals surface area contributed by atoms with E-state index in [1.54, 1.807) is 23.1 Å². The van der Waals surface area contributed by atoms with Crippen LogP contribution in [-0.4, -0.2) is 49.2 Å². The van der Waals surface area contributed by atoms with Crippen molar-refractivity contribution in [3.8, 4) is 11.8 Å². The molecule has 0 radical (unpaired) electrons. The maximum atomic E-state index is 12.3. The summed E-state index contributed by atoms with van der Waals surface area (Å²) in [4.78, 5) is 25.9. The molecule has 0 aliphatic carbocycles. The highest BCUT2D eigenvalue weighted by molar-refractivity contribution is 5.99. The number of nitriles is 1. The normalized spacial score (nSPS) is 17.3. The molecule has 0 spiro atoms. The quantitative estimate of drug-likeness (QED) is 0.767. The van der Waals surface area contributed by atoms with Crippen LogP contribution < -0.4 is 4.74 Å². The minimum absolute atomic E-state index is 0.206. The van der Waals surface area contributed by atoms with Crippen molar-refractivity contribution in [2.45, 2.75) is 38.9 Å². The first kappa shape index (κ1) is 19.7. The molecule has 7 nitrogen and oxygen atoms in total. The van der Waals surface area contributed by atoms with Crippen LogP contribution in [0.1, 0.15) is 49.2 Å². The topological polar surface area (TPSA) is 88.9 Å². The summed E-state index contributed by atoms with van der Waals surface area (Å²) in [7, 11) is 1.47. The Morgan fingerprint density at radius 1 is 1.38 bits per heavy atom. The molecule has 1 aromatic carbocycles. The van der Waals surface area contributed by atoms with Gasteiger partial charge in [-0.3, -0.25) is 4.79 Å². The number of methoxy groups -OCH3 is 1. The minimum Gasteiger partial charge on any atom is -0.496 e. The summed E-state index contributed by atoms with van der Waals surface area (Å²) in [5, 5.41) is 8.70. The van der Waals surface area contributed by atoms with Gasteiger partial charge in [0.1, 0.15) is 17.5 Å². The molecule has 0 bridgehead atoms. The molecule has 1 fully saturated rings. The molecule has 1 atom stereocenters. The van der Waals surface area contributed by atoms with E-state index in [1.807, 2.05) is 26.8 Å². The van der Waals surface area contributed by atoms with Crippen molar-refractivity contribution in [3.05, 3.63) is 29.3 Å². The zero-order valence-electron chi connectivity index (χ0n) is 15.6. The number of rotatable bonds is 4. The van der Waals surface area contributed by atoms with Crippen molar-refractivity contribution in [2.24, 2.45) is 0 Å². The highest BCUT2D eigenvalue weighted by atomic mass is 16.6. The summed E-state index contributed by atoms with van der Waals surface area (Å²) in [5.41, 5.74) is 0.595. The predicted octanol–water partition coefficient (Wildman–Crippen LogP) is 3.10. The molecule has 1 aliphatic heterocycles. The molecule has 0 unspecified atom stereocenters. The summed E-state index contributed by atoms with van der Waals surface area (Å²) in [6.07, 6.45) is -0.925. The average Bonchev–Trinajstić information content (AvgIpc) is 2.60. The number of hydrogen-bond acceptors (Lipinski definition) is 6. The summed E-state index contributed by atoms with van der Waals surface area (Å²) < 4.78 is 16.5. The van der Waals surface area contributed by atoms with Crippen molar-refractivity contribution in [3.63, 3.8) is 0 Å². The van der Waals surface area contributed by atoms with Crippen molar-refractivity contribution in [2.75, 3.05) is 26.8 Å². The smallest absolute Gasteiger partial charge is 0.410 e. The summed E-state index contributed by atoms with van der Waals surface area (Å²) in [6, 6.07) is 6.95. The van der Waals surface area contributed by atoms with Gasteiger partial charge in [-0.2, -0.15) is 5.26 Å². The van der Waals surface area contributed by atoms with Crippen LogP contribution in [0.25, 0.3) is 0 Å². The standard InChI is InChI=1S/C19H24N2O5/c1-19(2,3)26-18(23)21-9-10-25-17(12-21)13-5-6-14(15(22)7-8-20)16(11-13)24-4/h5-6,11,17H,7,9-10,12H2,1-4H3/t17-/m0/s1. The van der Waals surface area contributed by atoms with E-state index in [9.17, 15) is 9.59 Å². The van der Waals surface area contributed by atoms with E-state index in [4.69, 9.17) is 19.5 Å². The van der Waals surface area contributed by atoms with E-state index in [0.717, 1.165) is 5.56 Å². The fraction of sp³-hybridized carbons (Fsp3) is 0.526. The molecular formula is C19H24N2O5. The van der Waals surface area contributed by atoms with Gasteiger partial charge in [-0.25, -0.2) is 4.79 Å². The van der Waals surface area contributed by atoms with Crippen LogP contribution in [0.3, 0.4) is 0 Å². The Morgan fingerprint density at radius 2 is 2.12 bits per heavy atom. The van der Waals surface area contributed by atoms with E-state index in [1.165, 1.54) is 7.11 Å². The molecule has 7 heteroatoms. The summed E-state index contributed by atoms with van der Waals surface area (Å²) in [6.45, 7) is 6.67. The zero-order valence-corrected chi connectivity index (χ0v) is 15.6. The zero-order chi connectivity index (χ0) is 19.3. The second-order valence-electron chi connectivity index (χ2n) is 7.00. The third-order valence-corrected chi connectivity index (χ3v) is 3.86. The van der Waals surface area contributed by atoms with Crippen LogP contribution in [-0.2, 0) is 9.47 Å². The molecule has 2 rings (SSSR count). The molecule has 0 aromatic heterocycles. The lowest BCUT2D eigenvalue weighted by Crippen LogP contribution is -2.44. The molecule has 1 amide bonds. The van der Waals surface area contributed by atoms with Gasteiger partial charge in [0.2, 0.25) is 0 Å². The molecule has 26 heavy (non-hydrogen) atoms. The van der Waals surface area contributed by atoms with Gasteiger partial charge in [0.05, 0.1) is 38.3 Å². The molecular weight excluding hydrogens is 336 g/mol. The second-order valence-corrected chi connectivity index (χ2v) is 7.00. The van der Waals surface area contributed by atoms with Crippen molar-refractivity contribution < 1.29 is 23.8 Å². The Morgan fingerprint density at radius 3 is 2.73 bits per heavy atom. The average molecular weight is 360 g/mol. The van der Waals surface area contributed by atoms with E-state index >= 15 is 0 Å². The third-order valence-electron chi connectivity index (χ3n) is 3.86. The monoisotopic (exact) mass is 360 g/mol. The molecule has 1 aromatic rings. The first-order valence-electron chi connectivity index (χ1n) is 8.42. The Kier molecular flexibility index (Phi) is 6.22. The number of benzene rings is 1. The number of carbonyl (C=O) groups is 2. The molecule has 1 heterocycles. The lowest BCUT2D eigenvalue weighted by Gasteiger charge is -2.34. The van der Waals surface area contributed by atoms with E-state index in [0.29, 0.717) is 31.0 Å². The number of ketones is 1. The van der Waals surface area contributed by atoms with Gasteiger partial charge in [-0.1, -0.05) is 6.07 Å². The number of Topliss-reactive ketones (excluding diaryl/α,β-unsaturated/α-hetero) is 1. The SMILES string of the molecule is COc1cc([C@@H]2CN(C(=O)OC(C)(C)C)CCO2)ccc1C(=O)CC#N. The number of amides is 1. The molecule has 0 saturated carbocycles. The Balaban J connectivity index is 2.16. The van der Waals surface area contributed by atoms with Gasteiger partial charge in [0, 0.05) is 6.54 Å². The number of morpholine rings is 1. The number of carbonyl (C=O) groups excluding carboxylic acids is 2. The van der Waals surface area contributed by atoms with Gasteiger partial charge in [0.15, 0.2) is 5.78 Å². The fourth-order valence-electron chi connectivity index (χ4n) is 2.65. The fourth-order valence-corrected chi connectivity index (χ4v) is 2.65. The van der Waals surface area contributed by atoms with Crippen LogP contribution in [0.15, 0.2) is 18.2 Å². The minimum atomic E-state index is -0.559. The lowest BCUT2D eigenvalue weighted by molar-refractivity contribution is -0.0433.